The van der Waals surface area contributed by atoms with Gasteiger partial charge in [0.1, 0.15) is 17.0 Å². The summed E-state index contributed by atoms with van der Waals surface area (Å²) in [6.07, 6.45) is 3.12. The first kappa shape index (κ1) is 16.5. The van der Waals surface area contributed by atoms with Gasteiger partial charge >= 0.3 is 0 Å². The molecule has 0 aliphatic rings. The van der Waals surface area contributed by atoms with Crippen LogP contribution in [-0.4, -0.2) is 25.1 Å². The van der Waals surface area contributed by atoms with Crippen LogP contribution >= 0.6 is 0 Å². The summed E-state index contributed by atoms with van der Waals surface area (Å²) >= 11 is 0. The molecule has 3 rings (SSSR count). The van der Waals surface area contributed by atoms with Crippen LogP contribution < -0.4 is 14.8 Å². The lowest BCUT2D eigenvalue weighted by molar-refractivity contribution is -0.111. The predicted molar refractivity (Wildman–Crippen MR) is 99.0 cm³/mol. The normalized spacial score (nSPS) is 10.8. The van der Waals surface area contributed by atoms with Gasteiger partial charge in [-0.3, -0.25) is 4.79 Å². The number of methoxy groups -OCH3 is 2. The van der Waals surface area contributed by atoms with E-state index in [0.29, 0.717) is 17.1 Å². The Bertz CT molecular complexity index is 918. The van der Waals surface area contributed by atoms with Crippen molar-refractivity contribution in [2.75, 3.05) is 19.5 Å². The van der Waals surface area contributed by atoms with Crippen LogP contribution in [0.3, 0.4) is 0 Å². The molecular formula is C20H18N2O3. The van der Waals surface area contributed by atoms with E-state index in [9.17, 15) is 4.79 Å². The number of aromatic nitrogens is 1. The number of benzene rings is 2. The number of pyridine rings is 1. The molecule has 0 unspecified atom stereocenters. The second kappa shape index (κ2) is 7.49. The van der Waals surface area contributed by atoms with Gasteiger partial charge in [0.25, 0.3) is 0 Å². The third-order valence-electron chi connectivity index (χ3n) is 3.69. The molecule has 0 bridgehead atoms. The maximum atomic E-state index is 12.0. The van der Waals surface area contributed by atoms with Gasteiger partial charge in [-0.05, 0) is 42.5 Å². The largest absolute Gasteiger partial charge is 0.497 e. The molecule has 1 N–H and O–H groups in total. The van der Waals surface area contributed by atoms with Crippen LogP contribution in [-0.2, 0) is 4.79 Å². The zero-order chi connectivity index (χ0) is 17.6. The van der Waals surface area contributed by atoms with Crippen LogP contribution in [0.4, 0.5) is 5.69 Å². The molecule has 0 atom stereocenters. The van der Waals surface area contributed by atoms with Crippen molar-refractivity contribution in [2.45, 2.75) is 0 Å². The van der Waals surface area contributed by atoms with Crippen molar-refractivity contribution in [1.82, 2.24) is 4.98 Å². The molecule has 0 saturated heterocycles. The molecule has 0 aliphatic carbocycles. The lowest BCUT2D eigenvalue weighted by Gasteiger charge is -2.05. The Labute approximate surface area is 145 Å². The van der Waals surface area contributed by atoms with Gasteiger partial charge < -0.3 is 14.8 Å². The average molecular weight is 334 g/mol. The maximum absolute atomic E-state index is 12.0. The van der Waals surface area contributed by atoms with Crippen molar-refractivity contribution in [3.05, 3.63) is 66.4 Å². The monoisotopic (exact) mass is 334 g/mol. The number of fused-ring (bicyclic) bond motifs is 1. The van der Waals surface area contributed by atoms with Gasteiger partial charge in [0.05, 0.1) is 19.9 Å². The van der Waals surface area contributed by atoms with E-state index in [1.807, 2.05) is 30.3 Å². The van der Waals surface area contributed by atoms with Crippen LogP contribution in [0, 0.1) is 0 Å². The van der Waals surface area contributed by atoms with E-state index in [-0.39, 0.29) is 5.91 Å². The van der Waals surface area contributed by atoms with E-state index in [1.165, 1.54) is 6.08 Å². The summed E-state index contributed by atoms with van der Waals surface area (Å²) < 4.78 is 10.4. The topological polar surface area (TPSA) is 60.5 Å². The fraction of sp³-hybridized carbons (Fsp3) is 0.100. The van der Waals surface area contributed by atoms with Gasteiger partial charge in [0.15, 0.2) is 0 Å². The minimum atomic E-state index is -0.230. The van der Waals surface area contributed by atoms with Crippen LogP contribution in [0.25, 0.3) is 17.0 Å². The maximum Gasteiger partial charge on any atom is 0.248 e. The van der Waals surface area contributed by atoms with Crippen LogP contribution in [0.2, 0.25) is 0 Å². The molecule has 0 saturated carbocycles. The summed E-state index contributed by atoms with van der Waals surface area (Å²) in [4.78, 5) is 16.6. The summed E-state index contributed by atoms with van der Waals surface area (Å²) in [6.45, 7) is 0. The van der Waals surface area contributed by atoms with Crippen molar-refractivity contribution >= 4 is 28.6 Å². The first-order valence-corrected chi connectivity index (χ1v) is 7.76. The first-order valence-electron chi connectivity index (χ1n) is 7.76. The minimum absolute atomic E-state index is 0.230. The van der Waals surface area contributed by atoms with E-state index >= 15 is 0 Å². The summed E-state index contributed by atoms with van der Waals surface area (Å²) in [7, 11) is 3.21. The molecule has 0 radical (unpaired) electrons. The van der Waals surface area contributed by atoms with Crippen molar-refractivity contribution in [3.8, 4) is 11.5 Å². The lowest BCUT2D eigenvalue weighted by Crippen LogP contribution is -2.07. The quantitative estimate of drug-likeness (QED) is 0.719. The van der Waals surface area contributed by atoms with Crippen molar-refractivity contribution in [2.24, 2.45) is 0 Å². The first-order chi connectivity index (χ1) is 12.2. The molecule has 126 valence electrons. The van der Waals surface area contributed by atoms with E-state index < -0.39 is 0 Å². The number of ether oxygens (including phenoxy) is 2. The number of nitrogens with zero attached hydrogens (tertiary/aromatic N) is 1. The van der Waals surface area contributed by atoms with Crippen molar-refractivity contribution < 1.29 is 14.3 Å². The Hall–Kier alpha value is -3.34. The molecule has 2 aromatic carbocycles. The van der Waals surface area contributed by atoms with Gasteiger partial charge in [0.2, 0.25) is 5.91 Å². The molecule has 0 aliphatic heterocycles. The van der Waals surface area contributed by atoms with E-state index in [1.54, 1.807) is 44.6 Å². The number of para-hydroxylation sites is 1. The number of rotatable bonds is 5. The highest BCUT2D eigenvalue weighted by atomic mass is 16.5. The fourth-order valence-electron chi connectivity index (χ4n) is 2.41. The number of hydrogen-bond donors (Lipinski definition) is 1. The summed E-state index contributed by atoms with van der Waals surface area (Å²) in [5, 5.41) is 3.77. The molecule has 1 aromatic heterocycles. The highest BCUT2D eigenvalue weighted by Crippen LogP contribution is 2.23. The van der Waals surface area contributed by atoms with Crippen LogP contribution in [0.1, 0.15) is 5.69 Å². The van der Waals surface area contributed by atoms with Crippen molar-refractivity contribution in [3.63, 3.8) is 0 Å². The number of anilines is 1. The molecule has 5 heteroatoms. The van der Waals surface area contributed by atoms with Gasteiger partial charge in [-0.1, -0.05) is 18.2 Å². The second-order valence-electron chi connectivity index (χ2n) is 5.32. The SMILES string of the molecule is COc1ccc(NC(=O)/C=C/c2ccc3cccc(OC)c3n2)cc1. The molecular weight excluding hydrogens is 316 g/mol. The standard InChI is InChI=1S/C20H18N2O3/c1-24-17-11-8-15(9-12-17)21-19(23)13-10-16-7-6-14-4-3-5-18(25-2)20(14)22-16/h3-13H,1-2H3,(H,21,23)/b13-10+. The van der Waals surface area contributed by atoms with Gasteiger partial charge in [-0.2, -0.15) is 0 Å². The molecule has 1 amide bonds. The molecule has 0 spiro atoms. The lowest BCUT2D eigenvalue weighted by atomic mass is 10.2. The summed E-state index contributed by atoms with van der Waals surface area (Å²) in [5.41, 5.74) is 2.15. The Kier molecular flexibility index (Phi) is 4.95. The zero-order valence-electron chi connectivity index (χ0n) is 14.0. The average Bonchev–Trinajstić information content (AvgIpc) is 2.66. The number of hydrogen-bond acceptors (Lipinski definition) is 4. The summed E-state index contributed by atoms with van der Waals surface area (Å²) in [5.74, 6) is 1.21. The third kappa shape index (κ3) is 3.95. The van der Waals surface area contributed by atoms with Crippen molar-refractivity contribution in [1.29, 1.82) is 0 Å². The minimum Gasteiger partial charge on any atom is -0.497 e. The van der Waals surface area contributed by atoms with Crippen LogP contribution in [0.5, 0.6) is 11.5 Å². The van der Waals surface area contributed by atoms with Gasteiger partial charge in [-0.25, -0.2) is 4.98 Å². The third-order valence-corrected chi connectivity index (χ3v) is 3.69. The smallest absolute Gasteiger partial charge is 0.248 e. The fourth-order valence-corrected chi connectivity index (χ4v) is 2.41. The molecule has 1 heterocycles. The second-order valence-corrected chi connectivity index (χ2v) is 5.32. The molecule has 3 aromatic rings. The van der Waals surface area contributed by atoms with E-state index in [0.717, 1.165) is 16.7 Å². The molecule has 5 nitrogen and oxygen atoms in total. The summed E-state index contributed by atoms with van der Waals surface area (Å²) in [6, 6.07) is 16.7. The highest BCUT2D eigenvalue weighted by molar-refractivity contribution is 6.02. The van der Waals surface area contributed by atoms with Gasteiger partial charge in [0, 0.05) is 17.1 Å². The number of carbonyl (C=O) groups excluding carboxylic acids is 1. The van der Waals surface area contributed by atoms with Gasteiger partial charge in [-0.15, -0.1) is 0 Å². The van der Waals surface area contributed by atoms with E-state index in [2.05, 4.69) is 10.3 Å². The molecule has 0 fully saturated rings. The number of amides is 1. The number of carbonyl (C=O) groups is 1. The Morgan fingerprint density at radius 1 is 1.00 bits per heavy atom. The Morgan fingerprint density at radius 3 is 2.52 bits per heavy atom. The molecule has 25 heavy (non-hydrogen) atoms. The van der Waals surface area contributed by atoms with Crippen LogP contribution in [0.15, 0.2) is 60.7 Å². The Balaban J connectivity index is 1.74. The number of nitrogens with one attached hydrogen (secondary N) is 1. The predicted octanol–water partition coefficient (Wildman–Crippen LogP) is 3.90. The zero-order valence-corrected chi connectivity index (χ0v) is 14.0. The Morgan fingerprint density at radius 2 is 1.80 bits per heavy atom. The highest BCUT2D eigenvalue weighted by Gasteiger charge is 2.03. The van der Waals surface area contributed by atoms with E-state index in [4.69, 9.17) is 9.47 Å².